The third-order valence-corrected chi connectivity index (χ3v) is 6.71. The van der Waals surface area contributed by atoms with Gasteiger partial charge >= 0.3 is 12.3 Å². The number of H-pyrrole nitrogens is 1. The third-order valence-electron chi connectivity index (χ3n) is 6.38. The predicted molar refractivity (Wildman–Crippen MR) is 153 cm³/mol. The molecule has 0 fully saturated rings. The van der Waals surface area contributed by atoms with Crippen LogP contribution in [0.4, 0.5) is 22.4 Å². The topological polar surface area (TPSA) is 130 Å². The average molecular weight is 643 g/mol. The van der Waals surface area contributed by atoms with Crippen molar-refractivity contribution in [2.24, 2.45) is 0 Å². The highest BCUT2D eigenvalue weighted by molar-refractivity contribution is 6.29. The maximum Gasteiger partial charge on any atom is 0.409 e. The van der Waals surface area contributed by atoms with Crippen LogP contribution in [0.25, 0.3) is 11.0 Å². The smallest absolute Gasteiger partial charge is 0.409 e. The molecule has 16 heteroatoms. The molecule has 0 unspecified atom stereocenters. The molecule has 0 aliphatic rings. The van der Waals surface area contributed by atoms with Crippen LogP contribution >= 0.6 is 11.6 Å². The van der Waals surface area contributed by atoms with E-state index in [2.05, 4.69) is 15.0 Å². The van der Waals surface area contributed by atoms with E-state index in [1.54, 1.807) is 20.2 Å². The lowest BCUT2D eigenvalue weighted by molar-refractivity contribution is -0.134. The second-order valence-corrected chi connectivity index (χ2v) is 10.7. The number of aryl methyl sites for hydroxylation is 1. The van der Waals surface area contributed by atoms with Crippen molar-refractivity contribution in [3.63, 3.8) is 0 Å². The molecule has 0 saturated heterocycles. The fraction of sp³-hybridized carbons (Fsp3) is 0.429. The molecule has 3 aromatic rings. The van der Waals surface area contributed by atoms with E-state index in [1.165, 1.54) is 37.2 Å². The van der Waals surface area contributed by atoms with Crippen molar-refractivity contribution in [1.82, 2.24) is 29.3 Å². The number of carbonyl (C=O) groups excluding carboxylic acids is 3. The quantitative estimate of drug-likeness (QED) is 0.179. The number of nitrogens with zero attached hydrogens (tertiary/aromatic N) is 5. The minimum Gasteiger partial charge on any atom is -0.438 e. The number of aromatic nitrogens is 4. The van der Waals surface area contributed by atoms with Crippen molar-refractivity contribution in [3.8, 4) is 0 Å². The van der Waals surface area contributed by atoms with Gasteiger partial charge in [0, 0.05) is 53.0 Å². The maximum absolute atomic E-state index is 14.4. The summed E-state index contributed by atoms with van der Waals surface area (Å²) in [5.74, 6) is -1.69. The number of carbonyl (C=O) groups is 3. The summed E-state index contributed by atoms with van der Waals surface area (Å²) >= 11 is 6.26. The highest BCUT2D eigenvalue weighted by Gasteiger charge is 2.28. The zero-order valence-electron chi connectivity index (χ0n) is 24.4. The van der Waals surface area contributed by atoms with Gasteiger partial charge in [-0.05, 0) is 25.0 Å². The summed E-state index contributed by atoms with van der Waals surface area (Å²) in [6.45, 7) is -0.323. The number of ketones is 1. The zero-order chi connectivity index (χ0) is 32.8. The molecular weight excluding hydrogens is 612 g/mol. The van der Waals surface area contributed by atoms with Gasteiger partial charge in [-0.15, -0.1) is 0 Å². The van der Waals surface area contributed by atoms with E-state index < -0.39 is 54.8 Å². The van der Waals surface area contributed by atoms with E-state index in [-0.39, 0.29) is 58.6 Å². The molecule has 3 heterocycles. The Labute approximate surface area is 254 Å². The SMILES string of the molecule is CN(C)C(=O)/C=C/CC[C@H](OC(=O)N(C)C)C(=O)Cc1ccc(Cl)n(Cc2nc3c(F)cnc(CCC(F)(F)F)c3[nH]2)c1=O. The van der Waals surface area contributed by atoms with Crippen LogP contribution in [-0.4, -0.2) is 87.6 Å². The fourth-order valence-electron chi connectivity index (χ4n) is 4.02. The second-order valence-electron chi connectivity index (χ2n) is 10.3. The Morgan fingerprint density at radius 3 is 2.50 bits per heavy atom. The molecule has 0 aromatic carbocycles. The first-order chi connectivity index (χ1) is 20.6. The first-order valence-electron chi connectivity index (χ1n) is 13.3. The lowest BCUT2D eigenvalue weighted by atomic mass is 10.0. The van der Waals surface area contributed by atoms with Crippen molar-refractivity contribution in [2.75, 3.05) is 28.2 Å². The summed E-state index contributed by atoms with van der Waals surface area (Å²) in [7, 11) is 6.04. The van der Waals surface area contributed by atoms with Gasteiger partial charge in [0.1, 0.15) is 16.5 Å². The maximum atomic E-state index is 14.4. The van der Waals surface area contributed by atoms with Gasteiger partial charge in [-0.1, -0.05) is 23.7 Å². The van der Waals surface area contributed by atoms with E-state index in [0.717, 1.165) is 15.7 Å². The van der Waals surface area contributed by atoms with Crippen molar-refractivity contribution < 1.29 is 36.7 Å². The molecule has 11 nitrogen and oxygen atoms in total. The summed E-state index contributed by atoms with van der Waals surface area (Å²) in [4.78, 5) is 63.6. The lowest BCUT2D eigenvalue weighted by Crippen LogP contribution is -2.35. The van der Waals surface area contributed by atoms with Crippen LogP contribution in [0.1, 0.15) is 36.3 Å². The Kier molecular flexibility index (Phi) is 11.3. The third kappa shape index (κ3) is 9.11. The first kappa shape index (κ1) is 34.2. The van der Waals surface area contributed by atoms with Crippen LogP contribution in [0, 0.1) is 5.82 Å². The van der Waals surface area contributed by atoms with Crippen LogP contribution in [0.5, 0.6) is 0 Å². The number of nitrogens with one attached hydrogen (secondary N) is 1. The molecule has 1 N–H and O–H groups in total. The molecule has 1 atom stereocenters. The van der Waals surface area contributed by atoms with Gasteiger partial charge in [-0.25, -0.2) is 14.2 Å². The van der Waals surface area contributed by atoms with E-state index in [9.17, 15) is 36.7 Å². The number of halogens is 5. The van der Waals surface area contributed by atoms with Crippen LogP contribution in [0.3, 0.4) is 0 Å². The van der Waals surface area contributed by atoms with Crippen LogP contribution in [-0.2, 0) is 33.7 Å². The number of aromatic amines is 1. The van der Waals surface area contributed by atoms with Gasteiger partial charge in [0.15, 0.2) is 17.7 Å². The predicted octanol–water partition coefficient (Wildman–Crippen LogP) is 4.06. The van der Waals surface area contributed by atoms with E-state index in [1.807, 2.05) is 0 Å². The average Bonchev–Trinajstić information content (AvgIpc) is 3.37. The molecule has 0 aliphatic carbocycles. The van der Waals surface area contributed by atoms with Crippen LogP contribution in [0.2, 0.25) is 5.15 Å². The van der Waals surface area contributed by atoms with Crippen molar-refractivity contribution in [1.29, 1.82) is 0 Å². The summed E-state index contributed by atoms with van der Waals surface area (Å²) in [5.41, 5.74) is -0.995. The molecular formula is C28H31ClF4N6O5. The summed E-state index contributed by atoms with van der Waals surface area (Å²) in [6, 6.07) is 2.71. The molecule has 0 aliphatic heterocycles. The van der Waals surface area contributed by atoms with Crippen molar-refractivity contribution in [2.45, 2.75) is 50.9 Å². The number of pyridine rings is 2. The molecule has 3 aromatic heterocycles. The van der Waals surface area contributed by atoms with Gasteiger partial charge < -0.3 is 19.5 Å². The Bertz CT molecular complexity index is 1620. The number of fused-ring (bicyclic) bond motifs is 1. The van der Waals surface area contributed by atoms with E-state index >= 15 is 0 Å². The lowest BCUT2D eigenvalue weighted by Gasteiger charge is -2.19. The molecule has 0 bridgehead atoms. The van der Waals surface area contributed by atoms with Crippen LogP contribution < -0.4 is 5.56 Å². The molecule has 2 amide bonds. The normalized spacial score (nSPS) is 12.5. The number of ether oxygens (including phenoxy) is 1. The molecule has 0 spiro atoms. The Morgan fingerprint density at radius 1 is 1.16 bits per heavy atom. The zero-order valence-corrected chi connectivity index (χ0v) is 25.1. The highest BCUT2D eigenvalue weighted by atomic mass is 35.5. The minimum absolute atomic E-state index is 0.0125. The highest BCUT2D eigenvalue weighted by Crippen LogP contribution is 2.25. The van der Waals surface area contributed by atoms with E-state index in [4.69, 9.17) is 16.3 Å². The Hall–Kier alpha value is -4.27. The van der Waals surface area contributed by atoms with Gasteiger partial charge in [-0.2, -0.15) is 13.2 Å². The molecule has 3 rings (SSSR count). The Morgan fingerprint density at radius 2 is 1.86 bits per heavy atom. The van der Waals surface area contributed by atoms with Gasteiger partial charge in [0.25, 0.3) is 5.56 Å². The Balaban J connectivity index is 1.84. The largest absolute Gasteiger partial charge is 0.438 e. The number of rotatable bonds is 12. The van der Waals surface area contributed by atoms with Crippen molar-refractivity contribution >= 4 is 40.4 Å². The second kappa shape index (κ2) is 14.5. The minimum atomic E-state index is -4.45. The van der Waals surface area contributed by atoms with Crippen LogP contribution in [0.15, 0.2) is 35.3 Å². The number of imidazole rings is 1. The fourth-order valence-corrected chi connectivity index (χ4v) is 4.22. The standard InChI is InChI=1S/C28H31ClF4N6O5/c1-37(2)23(41)8-6-5-7-20(44-27(43)38(3)4)19(40)13-16-9-10-21(29)39(26(16)42)15-22-35-24-17(30)14-34-18(25(24)36-22)11-12-28(31,32)33/h6,8-10,14,20H,5,7,11-13,15H2,1-4H3,(H,35,36)/b8-6+/t20-/m0/s1. The first-order valence-corrected chi connectivity index (χ1v) is 13.7. The molecule has 0 radical (unpaired) electrons. The molecule has 44 heavy (non-hydrogen) atoms. The number of hydrogen-bond donors (Lipinski definition) is 1. The molecule has 238 valence electrons. The van der Waals surface area contributed by atoms with Gasteiger partial charge in [0.2, 0.25) is 5.91 Å². The number of hydrogen-bond acceptors (Lipinski definition) is 7. The van der Waals surface area contributed by atoms with Gasteiger partial charge in [-0.3, -0.25) is 23.9 Å². The summed E-state index contributed by atoms with van der Waals surface area (Å²) in [5, 5.41) is -0.0474. The van der Waals surface area contributed by atoms with Gasteiger partial charge in [0.05, 0.1) is 24.0 Å². The molecule has 0 saturated carbocycles. The monoisotopic (exact) mass is 642 g/mol. The van der Waals surface area contributed by atoms with E-state index in [0.29, 0.717) is 0 Å². The number of Topliss-reactive ketones (excluding diaryl/α,β-unsaturated/α-hetero) is 1. The number of amides is 2. The summed E-state index contributed by atoms with van der Waals surface area (Å²) < 4.78 is 59.1. The number of alkyl halides is 3. The summed E-state index contributed by atoms with van der Waals surface area (Å²) in [6.07, 6.45) is -4.64. The van der Waals surface area contributed by atoms with Crippen molar-refractivity contribution in [3.05, 3.63) is 68.9 Å². The number of likely N-dealkylation sites (N-methyl/N-ethyl adjacent to an activating group) is 1. The number of allylic oxidation sites excluding steroid dienone is 1.